The van der Waals surface area contributed by atoms with Crippen molar-refractivity contribution < 1.29 is 28.2 Å². The van der Waals surface area contributed by atoms with Crippen molar-refractivity contribution in [2.45, 2.75) is 166 Å². The molecule has 4 aliphatic rings. The molecule has 0 unspecified atom stereocenters. The fraction of sp³-hybridized carbons (Fsp3) is 0.466. The standard InChI is InChI=1S/C37H47Br2N2O3.C36H46N2O3.BrH/c1-8-14-18-24-22-28-30(26-20-16-17-21-27(26)37(42)43-7)29-23-25(19-15-9-2)34(41(12-5)13-6)32(39)36(29)44-35(28)31(38)33(24)40(10-3)11-4;1-7-13-17-25-21-29-33(23-31(25)37(9-3)10-4)40-34-24-32(38(11-5)12-6)26(18-14-8-2)22-30(34)36(29)28-20-16-15-19-27(28)35(39)41-36;/h16-17,20-23H,8-15,18-19H2,1-7H3;15-16,19-24H,7-14,17-18H2,1-6H3;1H/q+1;;. The van der Waals surface area contributed by atoms with E-state index in [9.17, 15) is 9.59 Å². The average molecular weight is 1360 g/mol. The number of aryl methyl sites for hydroxylation is 4. The highest BCUT2D eigenvalue weighted by Gasteiger charge is 2.54. The van der Waals surface area contributed by atoms with Crippen molar-refractivity contribution in [3.05, 3.63) is 149 Å². The quantitative estimate of drug-likeness (QED) is 0.0315. The SMILES string of the molecule is Br.CCCCc1cc2c(-c3ccccc3C(=O)OC)c3cc(CCCC)c(=[N+](CC)CC)c(Br)c-3oc2c(Br)c1N(CC)CC.CCCCc1cc2c(cc1N(CC)CC)Oc1cc(N(CC)CC)c(CCCC)cc1C21OC(=O)c2ccccc21. The van der Waals surface area contributed by atoms with Crippen LogP contribution in [0.5, 0.6) is 11.5 Å². The molecule has 0 radical (unpaired) electrons. The van der Waals surface area contributed by atoms with Crippen LogP contribution in [0.15, 0.2) is 98.3 Å². The smallest absolute Gasteiger partial charge is 0.340 e. The first-order valence-corrected chi connectivity index (χ1v) is 33.7. The molecule has 0 atom stereocenters. The van der Waals surface area contributed by atoms with Crippen molar-refractivity contribution >= 4 is 88.8 Å². The van der Waals surface area contributed by atoms with Crippen LogP contribution in [-0.2, 0) is 40.8 Å². The van der Waals surface area contributed by atoms with Gasteiger partial charge in [-0.05, 0) is 197 Å². The number of rotatable bonds is 25. The Kier molecular flexibility index (Phi) is 24.5. The molecule has 13 heteroatoms. The molecule has 3 heterocycles. The Labute approximate surface area is 541 Å². The number of anilines is 3. The minimum absolute atomic E-state index is 0. The lowest BCUT2D eigenvalue weighted by Gasteiger charge is -2.39. The fourth-order valence-corrected chi connectivity index (χ4v) is 14.6. The Morgan fingerprint density at radius 2 is 1.05 bits per heavy atom. The lowest BCUT2D eigenvalue weighted by Crippen LogP contribution is -2.34. The third-order valence-corrected chi connectivity index (χ3v) is 19.0. The first-order chi connectivity index (χ1) is 41.3. The maximum Gasteiger partial charge on any atom is 0.340 e. The molecular weight excluding hydrogens is 1270 g/mol. The van der Waals surface area contributed by atoms with E-state index < -0.39 is 5.60 Å². The lowest BCUT2D eigenvalue weighted by atomic mass is 9.76. The summed E-state index contributed by atoms with van der Waals surface area (Å²) in [6, 6.07) is 29.3. The third-order valence-electron chi connectivity index (χ3n) is 17.6. The van der Waals surface area contributed by atoms with E-state index in [4.69, 9.17) is 18.6 Å². The number of esters is 2. The van der Waals surface area contributed by atoms with Crippen LogP contribution in [0.25, 0.3) is 33.4 Å². The second-order valence-electron chi connectivity index (χ2n) is 22.4. The molecule has 0 saturated carbocycles. The Morgan fingerprint density at radius 3 is 1.55 bits per heavy atom. The molecule has 5 aromatic carbocycles. The van der Waals surface area contributed by atoms with Crippen LogP contribution in [-0.4, -0.2) is 71.4 Å². The summed E-state index contributed by atoms with van der Waals surface area (Å²) < 4.78 is 30.1. The molecule has 1 aliphatic carbocycles. The normalized spacial score (nSPS) is 12.6. The molecule has 0 bridgehead atoms. The molecule has 462 valence electrons. The number of carbonyl (C=O) groups excluding carboxylic acids is 2. The molecule has 1 spiro atoms. The number of carbonyl (C=O) groups is 2. The van der Waals surface area contributed by atoms with Gasteiger partial charge in [0, 0.05) is 102 Å². The molecule has 3 aliphatic heterocycles. The van der Waals surface area contributed by atoms with Gasteiger partial charge in [0.15, 0.2) is 16.9 Å². The van der Waals surface area contributed by atoms with Crippen LogP contribution in [0.3, 0.4) is 0 Å². The summed E-state index contributed by atoms with van der Waals surface area (Å²) in [5, 5.41) is 2.18. The highest BCUT2D eigenvalue weighted by atomic mass is 79.9. The number of unbranched alkanes of at least 4 members (excludes halogenated alkanes) is 4. The van der Waals surface area contributed by atoms with Gasteiger partial charge in [-0.1, -0.05) is 89.8 Å². The van der Waals surface area contributed by atoms with Crippen LogP contribution in [0.2, 0.25) is 0 Å². The van der Waals surface area contributed by atoms with Gasteiger partial charge in [0.25, 0.3) is 0 Å². The topological polar surface area (TPSA) is 87.7 Å². The van der Waals surface area contributed by atoms with Gasteiger partial charge in [-0.2, -0.15) is 0 Å². The van der Waals surface area contributed by atoms with E-state index in [1.54, 1.807) is 0 Å². The van der Waals surface area contributed by atoms with E-state index in [2.05, 4.69) is 177 Å². The summed E-state index contributed by atoms with van der Waals surface area (Å²) in [6.07, 6.45) is 12.7. The Bertz CT molecular complexity index is 3460. The van der Waals surface area contributed by atoms with Gasteiger partial charge in [0.05, 0.1) is 28.4 Å². The van der Waals surface area contributed by atoms with Crippen LogP contribution in [0.4, 0.5) is 17.1 Å². The minimum Gasteiger partial charge on any atom is -0.465 e. The van der Waals surface area contributed by atoms with E-state index in [-0.39, 0.29) is 28.9 Å². The number of hydrogen-bond acceptors (Lipinski definition) is 9. The number of hydrogen-bond donors (Lipinski definition) is 0. The van der Waals surface area contributed by atoms with E-state index >= 15 is 0 Å². The number of benzene rings is 6. The maximum absolute atomic E-state index is 13.5. The summed E-state index contributed by atoms with van der Waals surface area (Å²) in [5.41, 5.74) is 15.3. The van der Waals surface area contributed by atoms with Crippen molar-refractivity contribution in [3.8, 4) is 33.9 Å². The first-order valence-electron chi connectivity index (χ1n) is 32.1. The number of halogens is 3. The number of ether oxygens (including phenoxy) is 3. The van der Waals surface area contributed by atoms with E-state index in [0.717, 1.165) is 200 Å². The highest BCUT2D eigenvalue weighted by Crippen LogP contribution is 2.58. The van der Waals surface area contributed by atoms with Gasteiger partial charge in [0.1, 0.15) is 29.1 Å². The van der Waals surface area contributed by atoms with Gasteiger partial charge in [-0.15, -0.1) is 17.0 Å². The molecule has 5 aromatic rings. The molecular formula is C73H94Br3N4O6+. The van der Waals surface area contributed by atoms with Crippen LogP contribution < -0.4 is 29.4 Å². The molecule has 0 amide bonds. The zero-order chi connectivity index (χ0) is 61.1. The molecule has 0 fully saturated rings. The third kappa shape index (κ3) is 13.1. The molecule has 10 nitrogen and oxygen atoms in total. The predicted octanol–water partition coefficient (Wildman–Crippen LogP) is 19.1. The average Bonchev–Trinajstić information content (AvgIpc) is 1.42. The first kappa shape index (κ1) is 67.9. The summed E-state index contributed by atoms with van der Waals surface area (Å²) >= 11 is 8.11. The summed E-state index contributed by atoms with van der Waals surface area (Å²) in [4.78, 5) is 33.9. The second-order valence-corrected chi connectivity index (χ2v) is 24.0. The van der Waals surface area contributed by atoms with Crippen LogP contribution in [0.1, 0.15) is 194 Å². The Morgan fingerprint density at radius 1 is 0.558 bits per heavy atom. The van der Waals surface area contributed by atoms with E-state index in [0.29, 0.717) is 11.1 Å². The predicted molar refractivity (Wildman–Crippen MR) is 372 cm³/mol. The fourth-order valence-electron chi connectivity index (χ4n) is 13.0. The van der Waals surface area contributed by atoms with Crippen LogP contribution >= 0.6 is 48.8 Å². The lowest BCUT2D eigenvalue weighted by molar-refractivity contribution is 0.0223. The van der Waals surface area contributed by atoms with Gasteiger partial charge >= 0.3 is 11.9 Å². The van der Waals surface area contributed by atoms with Gasteiger partial charge in [0.2, 0.25) is 5.36 Å². The van der Waals surface area contributed by atoms with Crippen molar-refractivity contribution in [1.29, 1.82) is 0 Å². The second kappa shape index (κ2) is 31.0. The number of nitrogens with zero attached hydrogens (tertiary/aromatic N) is 4. The number of methoxy groups -OCH3 is 1. The monoisotopic (exact) mass is 1360 g/mol. The van der Waals surface area contributed by atoms with Gasteiger partial charge in [-0.3, -0.25) is 0 Å². The molecule has 0 N–H and O–H groups in total. The number of fused-ring (bicyclic) bond motifs is 8. The Hall–Kier alpha value is -5.63. The molecule has 0 saturated heterocycles. The zero-order valence-electron chi connectivity index (χ0n) is 53.6. The van der Waals surface area contributed by atoms with E-state index in [1.165, 1.54) is 51.8 Å². The highest BCUT2D eigenvalue weighted by molar-refractivity contribution is 9.11. The minimum atomic E-state index is -1.04. The van der Waals surface area contributed by atoms with Crippen molar-refractivity contribution in [2.24, 2.45) is 0 Å². The van der Waals surface area contributed by atoms with Crippen molar-refractivity contribution in [2.75, 3.05) is 74.2 Å². The summed E-state index contributed by atoms with van der Waals surface area (Å²) in [6.45, 7) is 33.8. The maximum atomic E-state index is 13.5. The van der Waals surface area contributed by atoms with Crippen molar-refractivity contribution in [3.63, 3.8) is 0 Å². The Balaban J connectivity index is 0.000000244. The summed E-state index contributed by atoms with van der Waals surface area (Å²) in [7, 11) is 1.45. The van der Waals surface area contributed by atoms with Gasteiger partial charge < -0.3 is 33.3 Å². The zero-order valence-corrected chi connectivity index (χ0v) is 58.5. The summed E-state index contributed by atoms with van der Waals surface area (Å²) in [5.74, 6) is 1.71. The van der Waals surface area contributed by atoms with Crippen molar-refractivity contribution in [1.82, 2.24) is 4.58 Å². The van der Waals surface area contributed by atoms with Crippen LogP contribution in [0, 0.1) is 0 Å². The molecule has 0 aromatic heterocycles. The largest absolute Gasteiger partial charge is 0.465 e. The van der Waals surface area contributed by atoms with E-state index in [1.807, 2.05) is 42.5 Å². The van der Waals surface area contributed by atoms with Gasteiger partial charge in [-0.25, -0.2) is 14.2 Å². The molecule has 9 rings (SSSR count). The molecule has 86 heavy (non-hydrogen) atoms.